The van der Waals surface area contributed by atoms with Crippen molar-refractivity contribution >= 4 is 43.0 Å². The third kappa shape index (κ3) is 4.95. The van der Waals surface area contributed by atoms with Crippen molar-refractivity contribution < 1.29 is 22.9 Å². The van der Waals surface area contributed by atoms with Crippen LogP contribution in [0.1, 0.15) is 31.1 Å². The van der Waals surface area contributed by atoms with Gasteiger partial charge in [-0.1, -0.05) is 11.3 Å². The average molecular weight is 478 g/mol. The van der Waals surface area contributed by atoms with Crippen molar-refractivity contribution in [2.75, 3.05) is 13.2 Å². The second kappa shape index (κ2) is 9.72. The van der Waals surface area contributed by atoms with E-state index in [1.807, 2.05) is 6.92 Å². The number of thiazole rings is 1. The van der Waals surface area contributed by atoms with Gasteiger partial charge in [0.05, 0.1) is 31.9 Å². The molecule has 0 aliphatic rings. The fourth-order valence-electron chi connectivity index (χ4n) is 2.99. The second-order valence-electron chi connectivity index (χ2n) is 7.18. The molecule has 9 nitrogen and oxygen atoms in total. The zero-order chi connectivity index (χ0) is 23.5. The number of sulfone groups is 1. The number of nitrogens with zero attached hydrogens (tertiary/aromatic N) is 3. The first-order valence-corrected chi connectivity index (χ1v) is 12.3. The van der Waals surface area contributed by atoms with Crippen LogP contribution in [-0.4, -0.2) is 42.3 Å². The summed E-state index contributed by atoms with van der Waals surface area (Å²) in [6, 6.07) is 10.2. The van der Waals surface area contributed by atoms with Crippen LogP contribution in [0.4, 0.5) is 5.69 Å². The molecule has 0 N–H and O–H groups in total. The molecule has 0 aliphatic carbocycles. The van der Waals surface area contributed by atoms with Crippen molar-refractivity contribution in [2.45, 2.75) is 37.5 Å². The number of rotatable bonds is 8. The standard InChI is InChI=1S/C21H23N3O6S2/c1-4-30-12-11-23-18-10-7-16(24(26)27)13-19(18)31-21(23)22-20(25)15-5-8-17(9-6-15)32(28,29)14(2)3/h5-10,13-14H,4,11-12H2,1-3H3. The third-order valence-corrected chi connectivity index (χ3v) is 8.00. The van der Waals surface area contributed by atoms with Crippen molar-refractivity contribution in [1.82, 2.24) is 4.57 Å². The topological polar surface area (TPSA) is 121 Å². The summed E-state index contributed by atoms with van der Waals surface area (Å²) in [5.41, 5.74) is 0.910. The number of ether oxygens (including phenoxy) is 1. The van der Waals surface area contributed by atoms with E-state index in [-0.39, 0.29) is 16.1 Å². The maximum atomic E-state index is 12.8. The minimum atomic E-state index is -3.44. The highest BCUT2D eigenvalue weighted by Gasteiger charge is 2.19. The third-order valence-electron chi connectivity index (χ3n) is 4.79. The van der Waals surface area contributed by atoms with Gasteiger partial charge in [-0.2, -0.15) is 4.99 Å². The number of non-ortho nitro benzene ring substituents is 1. The molecule has 2 aromatic carbocycles. The summed E-state index contributed by atoms with van der Waals surface area (Å²) in [6.45, 7) is 6.40. The van der Waals surface area contributed by atoms with Gasteiger partial charge in [-0.15, -0.1) is 0 Å². The molecule has 1 heterocycles. The molecule has 0 bridgehead atoms. The fraction of sp³-hybridized carbons (Fsp3) is 0.333. The molecule has 3 rings (SSSR count). The first-order chi connectivity index (χ1) is 15.1. The average Bonchev–Trinajstić information content (AvgIpc) is 3.10. The first kappa shape index (κ1) is 23.8. The minimum Gasteiger partial charge on any atom is -0.380 e. The molecule has 1 aromatic heterocycles. The summed E-state index contributed by atoms with van der Waals surface area (Å²) in [4.78, 5) is 28.2. The Morgan fingerprint density at radius 3 is 2.50 bits per heavy atom. The zero-order valence-electron chi connectivity index (χ0n) is 17.8. The molecule has 170 valence electrons. The zero-order valence-corrected chi connectivity index (χ0v) is 19.5. The number of carbonyl (C=O) groups is 1. The molecule has 0 aliphatic heterocycles. The quantitative estimate of drug-likeness (QED) is 0.278. The maximum absolute atomic E-state index is 12.8. The summed E-state index contributed by atoms with van der Waals surface area (Å²) < 4.78 is 32.4. The van der Waals surface area contributed by atoms with E-state index in [2.05, 4.69) is 4.99 Å². The lowest BCUT2D eigenvalue weighted by atomic mass is 10.2. The Kier molecular flexibility index (Phi) is 7.22. The van der Waals surface area contributed by atoms with E-state index in [9.17, 15) is 23.3 Å². The molecule has 0 atom stereocenters. The number of carbonyl (C=O) groups excluding carboxylic acids is 1. The van der Waals surface area contributed by atoms with Crippen LogP contribution in [0.2, 0.25) is 0 Å². The maximum Gasteiger partial charge on any atom is 0.279 e. The number of hydrogen-bond acceptors (Lipinski definition) is 7. The Morgan fingerprint density at radius 1 is 1.22 bits per heavy atom. The number of nitro groups is 1. The van der Waals surface area contributed by atoms with Crippen LogP contribution >= 0.6 is 11.3 Å². The summed E-state index contributed by atoms with van der Waals surface area (Å²) in [7, 11) is -3.44. The van der Waals surface area contributed by atoms with Gasteiger partial charge in [0.15, 0.2) is 14.6 Å². The van der Waals surface area contributed by atoms with Crippen molar-refractivity contribution in [2.24, 2.45) is 4.99 Å². The summed E-state index contributed by atoms with van der Waals surface area (Å²) >= 11 is 1.17. The molecule has 0 spiro atoms. The van der Waals surface area contributed by atoms with Gasteiger partial charge >= 0.3 is 0 Å². The van der Waals surface area contributed by atoms with Crippen molar-refractivity contribution in [3.8, 4) is 0 Å². The highest BCUT2D eigenvalue weighted by Crippen LogP contribution is 2.23. The van der Waals surface area contributed by atoms with Crippen LogP contribution in [0.25, 0.3) is 10.2 Å². The molecule has 32 heavy (non-hydrogen) atoms. The van der Waals surface area contributed by atoms with Crippen LogP contribution in [0, 0.1) is 10.1 Å². The van der Waals surface area contributed by atoms with E-state index in [1.54, 1.807) is 24.5 Å². The van der Waals surface area contributed by atoms with Gasteiger partial charge in [-0.3, -0.25) is 14.9 Å². The van der Waals surface area contributed by atoms with Crippen LogP contribution in [-0.2, 0) is 21.1 Å². The monoisotopic (exact) mass is 477 g/mol. The molecule has 0 radical (unpaired) electrons. The Morgan fingerprint density at radius 2 is 1.91 bits per heavy atom. The van der Waals surface area contributed by atoms with Gasteiger partial charge in [0.2, 0.25) is 0 Å². The van der Waals surface area contributed by atoms with Crippen molar-refractivity contribution in [1.29, 1.82) is 0 Å². The Bertz CT molecular complexity index is 1320. The van der Waals surface area contributed by atoms with Gasteiger partial charge in [-0.05, 0) is 51.1 Å². The number of benzene rings is 2. The SMILES string of the molecule is CCOCCn1c(=NC(=O)c2ccc(S(=O)(=O)C(C)C)cc2)sc2cc([N+](=O)[O-])ccc21. The van der Waals surface area contributed by atoms with Crippen LogP contribution in [0.15, 0.2) is 52.4 Å². The smallest absolute Gasteiger partial charge is 0.279 e. The van der Waals surface area contributed by atoms with E-state index < -0.39 is 25.9 Å². The molecule has 0 unspecified atom stereocenters. The lowest BCUT2D eigenvalue weighted by Gasteiger charge is -2.07. The highest BCUT2D eigenvalue weighted by molar-refractivity contribution is 7.92. The van der Waals surface area contributed by atoms with Crippen LogP contribution < -0.4 is 4.80 Å². The van der Waals surface area contributed by atoms with E-state index >= 15 is 0 Å². The normalized spacial score (nSPS) is 12.6. The molecule has 3 aromatic rings. The Hall–Kier alpha value is -2.89. The molecular weight excluding hydrogens is 454 g/mol. The van der Waals surface area contributed by atoms with Gasteiger partial charge in [0, 0.05) is 30.8 Å². The van der Waals surface area contributed by atoms with E-state index in [1.165, 1.54) is 47.7 Å². The Labute approximate surface area is 189 Å². The molecule has 1 amide bonds. The van der Waals surface area contributed by atoms with Gasteiger partial charge in [-0.25, -0.2) is 8.42 Å². The second-order valence-corrected chi connectivity index (χ2v) is 10.7. The summed E-state index contributed by atoms with van der Waals surface area (Å²) in [5.74, 6) is -0.537. The molecule has 0 fully saturated rings. The number of nitro benzene ring substituents is 1. The first-order valence-electron chi connectivity index (χ1n) is 9.93. The van der Waals surface area contributed by atoms with E-state index in [0.29, 0.717) is 34.8 Å². The lowest BCUT2D eigenvalue weighted by molar-refractivity contribution is -0.384. The summed E-state index contributed by atoms with van der Waals surface area (Å²) in [5, 5.41) is 10.5. The molecule has 0 saturated heterocycles. The van der Waals surface area contributed by atoms with E-state index in [4.69, 9.17) is 4.74 Å². The molecular formula is C21H23N3O6S2. The predicted molar refractivity (Wildman–Crippen MR) is 122 cm³/mol. The van der Waals surface area contributed by atoms with Gasteiger partial charge in [0.25, 0.3) is 11.6 Å². The number of amides is 1. The number of aromatic nitrogens is 1. The number of hydrogen-bond donors (Lipinski definition) is 0. The minimum absolute atomic E-state index is 0.0458. The van der Waals surface area contributed by atoms with Crippen molar-refractivity contribution in [3.05, 3.63) is 62.9 Å². The van der Waals surface area contributed by atoms with Gasteiger partial charge < -0.3 is 9.30 Å². The lowest BCUT2D eigenvalue weighted by Crippen LogP contribution is -2.19. The predicted octanol–water partition coefficient (Wildman–Crippen LogP) is 3.57. The Balaban J connectivity index is 2.02. The van der Waals surface area contributed by atoms with E-state index in [0.717, 1.165) is 0 Å². The fourth-order valence-corrected chi connectivity index (χ4v) is 5.14. The van der Waals surface area contributed by atoms with Crippen LogP contribution in [0.3, 0.4) is 0 Å². The van der Waals surface area contributed by atoms with Crippen molar-refractivity contribution in [3.63, 3.8) is 0 Å². The van der Waals surface area contributed by atoms with Crippen LogP contribution in [0.5, 0.6) is 0 Å². The highest BCUT2D eigenvalue weighted by atomic mass is 32.2. The number of fused-ring (bicyclic) bond motifs is 1. The molecule has 11 heteroatoms. The molecule has 0 saturated carbocycles. The van der Waals surface area contributed by atoms with Gasteiger partial charge in [0.1, 0.15) is 0 Å². The largest absolute Gasteiger partial charge is 0.380 e. The summed E-state index contributed by atoms with van der Waals surface area (Å²) in [6.07, 6.45) is 0.